The Labute approximate surface area is 345 Å². The lowest BCUT2D eigenvalue weighted by Crippen LogP contribution is -2.37. The lowest BCUT2D eigenvalue weighted by molar-refractivity contribution is -0.870. The molecule has 0 bridgehead atoms. The number of unbranched alkanes of at least 4 members (excludes halogenated alkanes) is 24. The largest absolute Gasteiger partial charge is 0.472 e. The fourth-order valence-electron chi connectivity index (χ4n) is 6.30. The third-order valence-electron chi connectivity index (χ3n) is 9.95. The van der Waals surface area contributed by atoms with E-state index in [9.17, 15) is 19.0 Å². The summed E-state index contributed by atoms with van der Waals surface area (Å²) in [6.07, 6.45) is 42.2. The second kappa shape index (κ2) is 39.0. The smallest absolute Gasteiger partial charge is 0.462 e. The molecule has 1 unspecified atom stereocenters. The second-order valence-electron chi connectivity index (χ2n) is 16.8. The third kappa shape index (κ3) is 42.1. The Morgan fingerprint density at radius 3 is 1.34 bits per heavy atom. The quantitative estimate of drug-likeness (QED) is 0.0213. The minimum absolute atomic E-state index is 0.0311. The van der Waals surface area contributed by atoms with Crippen molar-refractivity contribution in [2.75, 3.05) is 47.5 Å². The molecular weight excluding hydrogens is 725 g/mol. The van der Waals surface area contributed by atoms with Crippen LogP contribution in [0.4, 0.5) is 0 Å². The Bertz CT molecular complexity index is 1010. The van der Waals surface area contributed by atoms with Crippen LogP contribution in [0.5, 0.6) is 0 Å². The van der Waals surface area contributed by atoms with Crippen LogP contribution in [0.3, 0.4) is 0 Å². The number of rotatable bonds is 42. The number of esters is 2. The standard InChI is InChI=1S/C46H88NO8P/c1-6-8-10-12-14-16-18-20-21-22-23-24-25-27-28-30-32-34-36-38-45(48)52-42-44(43-54-56(50,51)53-41-40-47(3,4)5)55-46(49)39-37-35-33-31-29-26-19-17-15-13-11-9-7-2/h17,19-21,44H,6-16,18,22-43H2,1-5H3/p+1/b19-17-,21-20+/t44-/m1/s1. The predicted octanol–water partition coefficient (Wildman–Crippen LogP) is 13.1. The van der Waals surface area contributed by atoms with Gasteiger partial charge < -0.3 is 18.9 Å². The van der Waals surface area contributed by atoms with Crippen molar-refractivity contribution in [3.05, 3.63) is 24.3 Å². The maximum absolute atomic E-state index is 12.7. The monoisotopic (exact) mass is 815 g/mol. The molecule has 330 valence electrons. The van der Waals surface area contributed by atoms with Gasteiger partial charge in [-0.15, -0.1) is 0 Å². The minimum Gasteiger partial charge on any atom is -0.462 e. The van der Waals surface area contributed by atoms with Gasteiger partial charge in [0.1, 0.15) is 19.8 Å². The van der Waals surface area contributed by atoms with E-state index in [-0.39, 0.29) is 32.0 Å². The third-order valence-corrected chi connectivity index (χ3v) is 10.9. The normalized spacial score (nSPS) is 13.8. The number of ether oxygens (including phenoxy) is 2. The number of likely N-dealkylation sites (N-methyl/N-ethyl adjacent to an activating group) is 1. The number of hydrogen-bond donors (Lipinski definition) is 1. The van der Waals surface area contributed by atoms with Gasteiger partial charge in [-0.25, -0.2) is 4.57 Å². The van der Waals surface area contributed by atoms with Crippen molar-refractivity contribution in [2.45, 2.75) is 213 Å². The van der Waals surface area contributed by atoms with E-state index in [1.54, 1.807) is 0 Å². The highest BCUT2D eigenvalue weighted by Crippen LogP contribution is 2.43. The number of hydrogen-bond acceptors (Lipinski definition) is 7. The number of phosphoric acid groups is 1. The zero-order chi connectivity index (χ0) is 41.4. The van der Waals surface area contributed by atoms with Gasteiger partial charge in [0.15, 0.2) is 6.10 Å². The highest BCUT2D eigenvalue weighted by molar-refractivity contribution is 7.47. The number of carbonyl (C=O) groups excluding carboxylic acids is 2. The van der Waals surface area contributed by atoms with Gasteiger partial charge in [-0.1, -0.05) is 154 Å². The van der Waals surface area contributed by atoms with Crippen molar-refractivity contribution in [3.8, 4) is 0 Å². The van der Waals surface area contributed by atoms with Crippen LogP contribution >= 0.6 is 7.82 Å². The van der Waals surface area contributed by atoms with Crippen LogP contribution in [0.15, 0.2) is 24.3 Å². The first-order valence-corrected chi connectivity index (χ1v) is 24.6. The Hall–Kier alpha value is -1.51. The summed E-state index contributed by atoms with van der Waals surface area (Å²) < 4.78 is 34.3. The van der Waals surface area contributed by atoms with E-state index in [1.165, 1.54) is 122 Å². The average Bonchev–Trinajstić information content (AvgIpc) is 3.15. The Morgan fingerprint density at radius 1 is 0.536 bits per heavy atom. The maximum atomic E-state index is 12.7. The van der Waals surface area contributed by atoms with E-state index < -0.39 is 26.5 Å². The molecular formula is C46H89NO8P+. The fourth-order valence-corrected chi connectivity index (χ4v) is 7.04. The summed E-state index contributed by atoms with van der Waals surface area (Å²) in [7, 11) is 1.47. The number of carbonyl (C=O) groups is 2. The lowest BCUT2D eigenvalue weighted by Gasteiger charge is -2.24. The first kappa shape index (κ1) is 54.5. The highest BCUT2D eigenvalue weighted by atomic mass is 31.2. The molecule has 0 aliphatic rings. The van der Waals surface area contributed by atoms with E-state index in [1.807, 2.05) is 21.1 Å². The molecule has 0 heterocycles. The molecule has 56 heavy (non-hydrogen) atoms. The van der Waals surface area contributed by atoms with Crippen LogP contribution in [0, 0.1) is 0 Å². The van der Waals surface area contributed by atoms with Gasteiger partial charge in [0.25, 0.3) is 0 Å². The molecule has 10 heteroatoms. The van der Waals surface area contributed by atoms with Crippen LogP contribution in [0.1, 0.15) is 206 Å². The van der Waals surface area contributed by atoms with Gasteiger partial charge in [-0.05, 0) is 64.2 Å². The van der Waals surface area contributed by atoms with E-state index in [4.69, 9.17) is 18.5 Å². The van der Waals surface area contributed by atoms with Crippen molar-refractivity contribution in [1.29, 1.82) is 0 Å². The van der Waals surface area contributed by atoms with E-state index >= 15 is 0 Å². The molecule has 9 nitrogen and oxygen atoms in total. The summed E-state index contributed by atoms with van der Waals surface area (Å²) in [4.78, 5) is 35.4. The molecule has 0 rings (SSSR count). The molecule has 0 aliphatic heterocycles. The summed E-state index contributed by atoms with van der Waals surface area (Å²) in [6.45, 7) is 4.40. The molecule has 0 saturated carbocycles. The second-order valence-corrected chi connectivity index (χ2v) is 18.2. The molecule has 0 aromatic heterocycles. The molecule has 0 aliphatic carbocycles. The number of nitrogens with zero attached hydrogens (tertiary/aromatic N) is 1. The average molecular weight is 815 g/mol. The van der Waals surface area contributed by atoms with Gasteiger partial charge >= 0.3 is 19.8 Å². The number of allylic oxidation sites excluding steroid dienone is 4. The molecule has 0 aromatic rings. The van der Waals surface area contributed by atoms with Crippen LogP contribution in [0.2, 0.25) is 0 Å². The molecule has 0 aromatic carbocycles. The number of phosphoric ester groups is 1. The SMILES string of the molecule is CCCCCC/C=C\CCCCCCCC(=O)O[C@H](COC(=O)CCCCCCCCCCC/C=C/CCCCCCCC)COP(=O)(O)OCC[N+](C)(C)C. The van der Waals surface area contributed by atoms with Crippen molar-refractivity contribution in [2.24, 2.45) is 0 Å². The molecule has 0 radical (unpaired) electrons. The van der Waals surface area contributed by atoms with Crippen LogP contribution < -0.4 is 0 Å². The predicted molar refractivity (Wildman–Crippen MR) is 234 cm³/mol. The van der Waals surface area contributed by atoms with Crippen molar-refractivity contribution >= 4 is 19.8 Å². The van der Waals surface area contributed by atoms with Crippen LogP contribution in [-0.4, -0.2) is 74.9 Å². The summed E-state index contributed by atoms with van der Waals surface area (Å²) in [5.41, 5.74) is 0. The zero-order valence-corrected chi connectivity index (χ0v) is 38.0. The van der Waals surface area contributed by atoms with Crippen molar-refractivity contribution in [3.63, 3.8) is 0 Å². The first-order chi connectivity index (χ1) is 27.0. The summed E-state index contributed by atoms with van der Waals surface area (Å²) in [5.74, 6) is -0.806. The van der Waals surface area contributed by atoms with E-state index in [2.05, 4.69) is 38.2 Å². The van der Waals surface area contributed by atoms with Crippen LogP contribution in [-0.2, 0) is 32.7 Å². The van der Waals surface area contributed by atoms with E-state index in [0.717, 1.165) is 51.4 Å². The molecule has 1 N–H and O–H groups in total. The van der Waals surface area contributed by atoms with Crippen molar-refractivity contribution < 1.29 is 42.1 Å². The lowest BCUT2D eigenvalue weighted by atomic mass is 10.1. The summed E-state index contributed by atoms with van der Waals surface area (Å²) in [6, 6.07) is 0. The topological polar surface area (TPSA) is 108 Å². The molecule has 0 saturated heterocycles. The fraction of sp³-hybridized carbons (Fsp3) is 0.870. The summed E-state index contributed by atoms with van der Waals surface area (Å²) in [5, 5.41) is 0. The Morgan fingerprint density at radius 2 is 0.911 bits per heavy atom. The molecule has 0 amide bonds. The van der Waals surface area contributed by atoms with Gasteiger partial charge in [-0.2, -0.15) is 0 Å². The minimum atomic E-state index is -4.37. The first-order valence-electron chi connectivity index (χ1n) is 23.1. The highest BCUT2D eigenvalue weighted by Gasteiger charge is 2.27. The molecule has 2 atom stereocenters. The van der Waals surface area contributed by atoms with Gasteiger partial charge in [0.2, 0.25) is 0 Å². The van der Waals surface area contributed by atoms with Crippen molar-refractivity contribution in [1.82, 2.24) is 0 Å². The maximum Gasteiger partial charge on any atom is 0.472 e. The van der Waals surface area contributed by atoms with Crippen LogP contribution in [0.25, 0.3) is 0 Å². The van der Waals surface area contributed by atoms with Gasteiger partial charge in [-0.3, -0.25) is 18.6 Å². The number of quaternary nitrogens is 1. The van der Waals surface area contributed by atoms with E-state index in [0.29, 0.717) is 17.4 Å². The Kier molecular flexibility index (Phi) is 37.9. The molecule has 0 spiro atoms. The van der Waals surface area contributed by atoms with Gasteiger partial charge in [0.05, 0.1) is 27.7 Å². The van der Waals surface area contributed by atoms with Gasteiger partial charge in [0, 0.05) is 12.8 Å². The molecule has 0 fully saturated rings. The summed E-state index contributed by atoms with van der Waals surface area (Å²) >= 11 is 0. The zero-order valence-electron chi connectivity index (χ0n) is 37.1. The Balaban J connectivity index is 4.29.